The number of nitrogens with zero attached hydrogens (tertiary/aromatic N) is 6. The molecule has 1 aliphatic heterocycles. The number of hydrogen-bond acceptors (Lipinski definition) is 7. The molecule has 6 heterocycles. The molecule has 0 unspecified atom stereocenters. The van der Waals surface area contributed by atoms with Gasteiger partial charge in [0.25, 0.3) is 0 Å². The number of hydrogen-bond donors (Lipinski definition) is 2. The molecule has 222 valence electrons. The summed E-state index contributed by atoms with van der Waals surface area (Å²) in [6, 6.07) is 8.87. The van der Waals surface area contributed by atoms with E-state index < -0.39 is 6.03 Å². The molecule has 5 aromatic heterocycles. The van der Waals surface area contributed by atoms with Crippen molar-refractivity contribution in [1.82, 2.24) is 28.8 Å². The molecule has 1 fully saturated rings. The van der Waals surface area contributed by atoms with Gasteiger partial charge in [-0.1, -0.05) is 38.3 Å². The van der Waals surface area contributed by atoms with E-state index in [1.807, 2.05) is 72.4 Å². The van der Waals surface area contributed by atoms with Crippen molar-refractivity contribution in [3.05, 3.63) is 72.1 Å². The van der Waals surface area contributed by atoms with Crippen LogP contribution in [0.1, 0.15) is 63.5 Å². The third-order valence-corrected chi connectivity index (χ3v) is 7.28. The van der Waals surface area contributed by atoms with Gasteiger partial charge in [0.2, 0.25) is 0 Å². The minimum absolute atomic E-state index is 0.207. The van der Waals surface area contributed by atoms with Crippen LogP contribution in [-0.2, 0) is 5.41 Å². The number of anilines is 2. The topological polar surface area (TPSA) is 114 Å². The molecule has 1 aliphatic rings. The van der Waals surface area contributed by atoms with Gasteiger partial charge >= 0.3 is 6.03 Å². The summed E-state index contributed by atoms with van der Waals surface area (Å²) in [4.78, 5) is 24.1. The van der Waals surface area contributed by atoms with E-state index in [1.165, 1.54) is 32.4 Å². The largest absolute Gasteiger partial charge is 0.492 e. The fourth-order valence-electron chi connectivity index (χ4n) is 4.99. The summed E-state index contributed by atoms with van der Waals surface area (Å²) in [6.45, 7) is 10.2. The second-order valence-electron chi connectivity index (χ2n) is 11.8. The zero-order valence-electron chi connectivity index (χ0n) is 24.8. The molecule has 5 aromatic rings. The van der Waals surface area contributed by atoms with E-state index in [9.17, 15) is 4.79 Å². The van der Waals surface area contributed by atoms with Gasteiger partial charge in [-0.3, -0.25) is 10.6 Å². The van der Waals surface area contributed by atoms with E-state index in [-0.39, 0.29) is 5.41 Å². The standard InChI is InChI=1S/C32H36N8O3/c1-32(2,3)26-18-27(37-43-26)35-31(41)36-28-22-39-19-23(9-12-30(39)34-28)8-10-24-20-40-21-25(11-13-29(40)33-24)42-17-7-16-38-14-5-4-6-15-38/h9,11-13,18-22H,4-7,14-17H2,1-3H3,(H2,35,36,37,41). The van der Waals surface area contributed by atoms with Crippen molar-refractivity contribution in [3.63, 3.8) is 0 Å². The molecule has 2 amide bonds. The van der Waals surface area contributed by atoms with Crippen LogP contribution < -0.4 is 15.4 Å². The summed E-state index contributed by atoms with van der Waals surface area (Å²) in [6.07, 6.45) is 12.4. The van der Waals surface area contributed by atoms with Crippen LogP contribution in [0.15, 0.2) is 59.6 Å². The second kappa shape index (κ2) is 12.2. The van der Waals surface area contributed by atoms with Crippen LogP contribution in [0.4, 0.5) is 16.4 Å². The van der Waals surface area contributed by atoms with Crippen LogP contribution in [-0.4, -0.2) is 61.1 Å². The molecule has 0 spiro atoms. The molecule has 11 heteroatoms. The Morgan fingerprint density at radius 2 is 1.70 bits per heavy atom. The molecule has 0 aliphatic carbocycles. The van der Waals surface area contributed by atoms with E-state index in [2.05, 4.69) is 42.5 Å². The lowest BCUT2D eigenvalue weighted by molar-refractivity contribution is 0.205. The third-order valence-electron chi connectivity index (χ3n) is 7.28. The fraction of sp³-hybridized carbons (Fsp3) is 0.375. The number of pyridine rings is 2. The van der Waals surface area contributed by atoms with Crippen LogP contribution >= 0.6 is 0 Å². The predicted molar refractivity (Wildman–Crippen MR) is 165 cm³/mol. The number of urea groups is 1. The number of amides is 2. The molecule has 6 rings (SSSR count). The smallest absolute Gasteiger partial charge is 0.326 e. The average Bonchev–Trinajstić information content (AvgIpc) is 3.72. The number of fused-ring (bicyclic) bond motifs is 2. The molecular formula is C32H36N8O3. The number of rotatable bonds is 7. The molecule has 0 saturated carbocycles. The average molecular weight is 581 g/mol. The molecule has 2 N–H and O–H groups in total. The van der Waals surface area contributed by atoms with Crippen molar-refractivity contribution in [3.8, 4) is 17.6 Å². The van der Waals surface area contributed by atoms with Crippen LogP contribution in [0.25, 0.3) is 11.3 Å². The number of nitrogens with one attached hydrogen (secondary N) is 2. The summed E-state index contributed by atoms with van der Waals surface area (Å²) < 4.78 is 15.1. The quantitative estimate of drug-likeness (QED) is 0.191. The minimum Gasteiger partial charge on any atom is -0.492 e. The van der Waals surface area contributed by atoms with Crippen molar-refractivity contribution in [2.75, 3.05) is 36.9 Å². The number of carbonyl (C=O) groups excluding carboxylic acids is 1. The first-order valence-corrected chi connectivity index (χ1v) is 14.7. The van der Waals surface area contributed by atoms with E-state index in [1.54, 1.807) is 12.3 Å². The lowest BCUT2D eigenvalue weighted by Gasteiger charge is -2.26. The maximum absolute atomic E-state index is 12.5. The highest BCUT2D eigenvalue weighted by molar-refractivity contribution is 5.98. The van der Waals surface area contributed by atoms with Gasteiger partial charge in [-0.2, -0.15) is 0 Å². The normalized spacial score (nSPS) is 14.0. The maximum atomic E-state index is 12.5. The van der Waals surface area contributed by atoms with Crippen LogP contribution in [0.3, 0.4) is 0 Å². The summed E-state index contributed by atoms with van der Waals surface area (Å²) in [5.74, 6) is 8.55. The number of carbonyl (C=O) groups is 1. The van der Waals surface area contributed by atoms with Crippen molar-refractivity contribution in [2.24, 2.45) is 0 Å². The minimum atomic E-state index is -0.463. The zero-order chi connectivity index (χ0) is 29.8. The Morgan fingerprint density at radius 1 is 0.930 bits per heavy atom. The molecular weight excluding hydrogens is 544 g/mol. The highest BCUT2D eigenvalue weighted by atomic mass is 16.5. The Labute approximate surface area is 250 Å². The molecule has 0 radical (unpaired) electrons. The van der Waals surface area contributed by atoms with Gasteiger partial charge in [0.15, 0.2) is 11.6 Å². The summed E-state index contributed by atoms with van der Waals surface area (Å²) in [5, 5.41) is 9.31. The van der Waals surface area contributed by atoms with Crippen LogP contribution in [0, 0.1) is 11.8 Å². The van der Waals surface area contributed by atoms with Crippen LogP contribution in [0.5, 0.6) is 5.75 Å². The monoisotopic (exact) mass is 580 g/mol. The molecule has 0 aromatic carbocycles. The van der Waals surface area contributed by atoms with Crippen molar-refractivity contribution < 1.29 is 14.1 Å². The highest BCUT2D eigenvalue weighted by Gasteiger charge is 2.20. The Morgan fingerprint density at radius 3 is 2.51 bits per heavy atom. The number of piperidine rings is 1. The highest BCUT2D eigenvalue weighted by Crippen LogP contribution is 2.24. The van der Waals surface area contributed by atoms with Crippen molar-refractivity contribution in [2.45, 2.75) is 51.9 Å². The molecule has 43 heavy (non-hydrogen) atoms. The Bertz CT molecular complexity index is 1790. The second-order valence-corrected chi connectivity index (χ2v) is 11.8. The Kier molecular flexibility index (Phi) is 8.03. The Hall–Kier alpha value is -4.82. The number of ether oxygens (including phenoxy) is 1. The fourth-order valence-corrected chi connectivity index (χ4v) is 4.99. The number of likely N-dealkylation sites (tertiary alicyclic amines) is 1. The Balaban J connectivity index is 1.05. The van der Waals surface area contributed by atoms with E-state index in [0.717, 1.165) is 29.9 Å². The van der Waals surface area contributed by atoms with Gasteiger partial charge in [-0.15, -0.1) is 0 Å². The SMILES string of the molecule is CC(C)(C)c1cc(NC(=O)Nc2cn3cc(C#Cc4cn5cc(OCCCN6CCCCC6)ccc5n4)ccc3n2)no1. The molecule has 0 atom stereocenters. The van der Waals surface area contributed by atoms with E-state index >= 15 is 0 Å². The first kappa shape index (κ1) is 28.3. The molecule has 11 nitrogen and oxygen atoms in total. The summed E-state index contributed by atoms with van der Waals surface area (Å²) in [5.41, 5.74) is 2.72. The van der Waals surface area contributed by atoms with Gasteiger partial charge in [0.05, 0.1) is 19.0 Å². The van der Waals surface area contributed by atoms with Gasteiger partial charge in [0, 0.05) is 36.0 Å². The first-order valence-electron chi connectivity index (χ1n) is 14.7. The van der Waals surface area contributed by atoms with Gasteiger partial charge in [0.1, 0.15) is 28.5 Å². The van der Waals surface area contributed by atoms with Gasteiger partial charge in [-0.05, 0) is 62.5 Å². The summed E-state index contributed by atoms with van der Waals surface area (Å²) >= 11 is 0. The molecule has 1 saturated heterocycles. The maximum Gasteiger partial charge on any atom is 0.326 e. The van der Waals surface area contributed by atoms with Crippen molar-refractivity contribution >= 4 is 29.0 Å². The zero-order valence-corrected chi connectivity index (χ0v) is 24.8. The summed E-state index contributed by atoms with van der Waals surface area (Å²) in [7, 11) is 0. The first-order chi connectivity index (χ1) is 20.8. The predicted octanol–water partition coefficient (Wildman–Crippen LogP) is 5.57. The lowest BCUT2D eigenvalue weighted by Crippen LogP contribution is -2.31. The number of aromatic nitrogens is 5. The van der Waals surface area contributed by atoms with Crippen LogP contribution in [0.2, 0.25) is 0 Å². The third kappa shape index (κ3) is 7.16. The van der Waals surface area contributed by atoms with E-state index in [4.69, 9.17) is 9.26 Å². The van der Waals surface area contributed by atoms with Crippen molar-refractivity contribution in [1.29, 1.82) is 0 Å². The van der Waals surface area contributed by atoms with Gasteiger partial charge < -0.3 is 23.0 Å². The van der Waals surface area contributed by atoms with E-state index in [0.29, 0.717) is 35.3 Å². The number of imidazole rings is 2. The van der Waals surface area contributed by atoms with Gasteiger partial charge in [-0.25, -0.2) is 14.8 Å². The molecule has 0 bridgehead atoms. The lowest BCUT2D eigenvalue weighted by atomic mass is 9.93.